The van der Waals surface area contributed by atoms with Gasteiger partial charge in [-0.05, 0) is 48.2 Å². The molecule has 0 amide bonds. The van der Waals surface area contributed by atoms with Crippen molar-refractivity contribution < 1.29 is 14.2 Å². The van der Waals surface area contributed by atoms with E-state index in [1.807, 2.05) is 12.1 Å². The number of hydrogen-bond acceptors (Lipinski definition) is 2. The first kappa shape index (κ1) is 13.4. The van der Waals surface area contributed by atoms with Gasteiger partial charge in [-0.2, -0.15) is 0 Å². The standard InChI is InChI=1S/C16H14ClFO2/c17-14-2-1-3-15(18)13(14)9-20-11-5-6-12-10(8-11)4-7-16(12)19/h1-3,5-6,8,16,19H,4,7,9H2. The first-order chi connectivity index (χ1) is 9.65. The summed E-state index contributed by atoms with van der Waals surface area (Å²) in [6.45, 7) is 0.0901. The molecule has 0 radical (unpaired) electrons. The van der Waals surface area contributed by atoms with E-state index >= 15 is 0 Å². The molecule has 4 heteroatoms. The summed E-state index contributed by atoms with van der Waals surface area (Å²) in [6, 6.07) is 10.1. The summed E-state index contributed by atoms with van der Waals surface area (Å²) >= 11 is 5.96. The van der Waals surface area contributed by atoms with E-state index in [1.54, 1.807) is 18.2 Å². The van der Waals surface area contributed by atoms with E-state index in [2.05, 4.69) is 0 Å². The third kappa shape index (κ3) is 2.51. The van der Waals surface area contributed by atoms with E-state index in [0.29, 0.717) is 16.3 Å². The van der Waals surface area contributed by atoms with Crippen molar-refractivity contribution in [2.75, 3.05) is 0 Å². The number of aliphatic hydroxyl groups is 1. The van der Waals surface area contributed by atoms with Crippen molar-refractivity contribution in [2.24, 2.45) is 0 Å². The summed E-state index contributed by atoms with van der Waals surface area (Å²) in [7, 11) is 0. The van der Waals surface area contributed by atoms with E-state index < -0.39 is 0 Å². The van der Waals surface area contributed by atoms with Crippen molar-refractivity contribution in [3.8, 4) is 5.75 Å². The molecular formula is C16H14ClFO2. The largest absolute Gasteiger partial charge is 0.489 e. The zero-order valence-corrected chi connectivity index (χ0v) is 11.5. The average molecular weight is 293 g/mol. The molecule has 20 heavy (non-hydrogen) atoms. The Kier molecular flexibility index (Phi) is 3.64. The van der Waals surface area contributed by atoms with Gasteiger partial charge in [-0.15, -0.1) is 0 Å². The third-order valence-electron chi connectivity index (χ3n) is 3.61. The van der Waals surface area contributed by atoms with Crippen molar-refractivity contribution >= 4 is 11.6 Å². The minimum Gasteiger partial charge on any atom is -0.489 e. The number of rotatable bonds is 3. The van der Waals surface area contributed by atoms with Crippen molar-refractivity contribution in [2.45, 2.75) is 25.6 Å². The number of fused-ring (bicyclic) bond motifs is 1. The molecule has 0 bridgehead atoms. The number of benzene rings is 2. The normalized spacial score (nSPS) is 17.1. The molecule has 2 aromatic carbocycles. The van der Waals surface area contributed by atoms with Gasteiger partial charge in [-0.25, -0.2) is 4.39 Å². The van der Waals surface area contributed by atoms with E-state index in [-0.39, 0.29) is 18.5 Å². The molecule has 0 heterocycles. The lowest BCUT2D eigenvalue weighted by Gasteiger charge is -2.10. The maximum absolute atomic E-state index is 13.6. The molecule has 3 rings (SSSR count). The van der Waals surface area contributed by atoms with Crippen LogP contribution in [0.15, 0.2) is 36.4 Å². The van der Waals surface area contributed by atoms with Crippen molar-refractivity contribution in [3.63, 3.8) is 0 Å². The summed E-state index contributed by atoms with van der Waals surface area (Å²) in [6.07, 6.45) is 1.21. The maximum Gasteiger partial charge on any atom is 0.131 e. The molecule has 104 valence electrons. The maximum atomic E-state index is 13.6. The third-order valence-corrected chi connectivity index (χ3v) is 3.96. The quantitative estimate of drug-likeness (QED) is 0.925. The lowest BCUT2D eigenvalue weighted by Crippen LogP contribution is -2.00. The SMILES string of the molecule is OC1CCc2cc(OCc3c(F)cccc3Cl)ccc21. The number of aliphatic hydroxyl groups excluding tert-OH is 1. The highest BCUT2D eigenvalue weighted by atomic mass is 35.5. The van der Waals surface area contributed by atoms with Crippen LogP contribution in [0.4, 0.5) is 4.39 Å². The van der Waals surface area contributed by atoms with Crippen LogP contribution in [0.1, 0.15) is 29.2 Å². The Bertz CT molecular complexity index is 622. The van der Waals surface area contributed by atoms with Crippen LogP contribution in [0, 0.1) is 5.82 Å². The van der Waals surface area contributed by atoms with Crippen molar-refractivity contribution in [3.05, 3.63) is 63.9 Å². The Morgan fingerprint density at radius 1 is 1.30 bits per heavy atom. The molecule has 1 aliphatic rings. The van der Waals surface area contributed by atoms with Gasteiger partial charge in [0.15, 0.2) is 0 Å². The number of halogens is 2. The van der Waals surface area contributed by atoms with Crippen molar-refractivity contribution in [1.29, 1.82) is 0 Å². The van der Waals surface area contributed by atoms with Gasteiger partial charge in [-0.1, -0.05) is 23.7 Å². The molecule has 1 aliphatic carbocycles. The molecule has 2 aromatic rings. The first-order valence-corrected chi connectivity index (χ1v) is 6.89. The second-order valence-corrected chi connectivity index (χ2v) is 5.31. The number of hydrogen-bond donors (Lipinski definition) is 1. The van der Waals surface area contributed by atoms with E-state index in [0.717, 1.165) is 24.0 Å². The Balaban J connectivity index is 1.76. The van der Waals surface area contributed by atoms with Crippen LogP contribution in [0.2, 0.25) is 5.02 Å². The molecule has 0 saturated carbocycles. The summed E-state index contributed by atoms with van der Waals surface area (Å²) in [5.74, 6) is 0.297. The van der Waals surface area contributed by atoms with E-state index in [4.69, 9.17) is 16.3 Å². The highest BCUT2D eigenvalue weighted by molar-refractivity contribution is 6.31. The van der Waals surface area contributed by atoms with Crippen LogP contribution in [0.25, 0.3) is 0 Å². The van der Waals surface area contributed by atoms with Gasteiger partial charge in [0.2, 0.25) is 0 Å². The lowest BCUT2D eigenvalue weighted by atomic mass is 10.1. The fraction of sp³-hybridized carbons (Fsp3) is 0.250. The highest BCUT2D eigenvalue weighted by Gasteiger charge is 2.20. The topological polar surface area (TPSA) is 29.5 Å². The van der Waals surface area contributed by atoms with Gasteiger partial charge in [-0.3, -0.25) is 0 Å². The first-order valence-electron chi connectivity index (χ1n) is 6.52. The fourth-order valence-electron chi connectivity index (χ4n) is 2.49. The molecular weight excluding hydrogens is 279 g/mol. The van der Waals surface area contributed by atoms with Gasteiger partial charge >= 0.3 is 0 Å². The Morgan fingerprint density at radius 3 is 2.95 bits per heavy atom. The minimum absolute atomic E-state index is 0.0901. The number of aryl methyl sites for hydroxylation is 1. The van der Waals surface area contributed by atoms with E-state index in [9.17, 15) is 9.50 Å². The average Bonchev–Trinajstić information content (AvgIpc) is 2.79. The van der Waals surface area contributed by atoms with Gasteiger partial charge in [0.25, 0.3) is 0 Å². The summed E-state index contributed by atoms with van der Waals surface area (Å²) in [4.78, 5) is 0. The van der Waals surface area contributed by atoms with Crippen LogP contribution in [0.3, 0.4) is 0 Å². The van der Waals surface area contributed by atoms with Crippen molar-refractivity contribution in [1.82, 2.24) is 0 Å². The molecule has 0 aromatic heterocycles. The Hall–Kier alpha value is -1.58. The van der Waals surface area contributed by atoms with Crippen LogP contribution in [-0.4, -0.2) is 5.11 Å². The monoisotopic (exact) mass is 292 g/mol. The second-order valence-electron chi connectivity index (χ2n) is 4.90. The van der Waals surface area contributed by atoms with Gasteiger partial charge < -0.3 is 9.84 Å². The molecule has 0 spiro atoms. The molecule has 1 N–H and O–H groups in total. The summed E-state index contributed by atoms with van der Waals surface area (Å²) in [5.41, 5.74) is 2.41. The molecule has 0 fully saturated rings. The zero-order valence-electron chi connectivity index (χ0n) is 10.8. The molecule has 0 saturated heterocycles. The van der Waals surface area contributed by atoms with Gasteiger partial charge in [0, 0.05) is 5.56 Å². The summed E-state index contributed by atoms with van der Waals surface area (Å²) in [5, 5.41) is 10.1. The Labute approximate surface area is 121 Å². The second kappa shape index (κ2) is 5.43. The molecule has 0 aliphatic heterocycles. The minimum atomic E-state index is -0.375. The molecule has 1 unspecified atom stereocenters. The molecule has 2 nitrogen and oxygen atoms in total. The molecule has 1 atom stereocenters. The number of ether oxygens (including phenoxy) is 1. The highest BCUT2D eigenvalue weighted by Crippen LogP contribution is 2.33. The summed E-state index contributed by atoms with van der Waals surface area (Å²) < 4.78 is 19.2. The predicted octanol–water partition coefficient (Wildman–Crippen LogP) is 4.04. The van der Waals surface area contributed by atoms with Crippen LogP contribution in [0.5, 0.6) is 5.75 Å². The smallest absolute Gasteiger partial charge is 0.131 e. The lowest BCUT2D eigenvalue weighted by molar-refractivity contribution is 0.180. The van der Waals surface area contributed by atoms with Crippen LogP contribution >= 0.6 is 11.6 Å². The van der Waals surface area contributed by atoms with Gasteiger partial charge in [0.1, 0.15) is 18.2 Å². The van der Waals surface area contributed by atoms with Crippen LogP contribution in [-0.2, 0) is 13.0 Å². The Morgan fingerprint density at radius 2 is 2.15 bits per heavy atom. The fourth-order valence-corrected chi connectivity index (χ4v) is 2.70. The van der Waals surface area contributed by atoms with Crippen LogP contribution < -0.4 is 4.74 Å². The predicted molar refractivity (Wildman–Crippen MR) is 75.5 cm³/mol. The zero-order chi connectivity index (χ0) is 14.1. The van der Waals surface area contributed by atoms with Gasteiger partial charge in [0.05, 0.1) is 11.1 Å². The van der Waals surface area contributed by atoms with E-state index in [1.165, 1.54) is 6.07 Å².